The lowest BCUT2D eigenvalue weighted by atomic mass is 10.0. The van der Waals surface area contributed by atoms with E-state index in [4.69, 9.17) is 10.1 Å². The lowest BCUT2D eigenvalue weighted by molar-refractivity contribution is -0.137. The number of carboxylic acids is 1. The van der Waals surface area contributed by atoms with Gasteiger partial charge in [-0.05, 0) is 30.0 Å². The highest BCUT2D eigenvalue weighted by Crippen LogP contribution is 2.23. The Morgan fingerprint density at radius 3 is 2.86 bits per heavy atom. The molecule has 0 radical (unpaired) electrons. The van der Waals surface area contributed by atoms with Gasteiger partial charge in [0.1, 0.15) is 5.82 Å². The van der Waals surface area contributed by atoms with Crippen molar-refractivity contribution in [2.75, 3.05) is 0 Å². The van der Waals surface area contributed by atoms with Gasteiger partial charge in [-0.2, -0.15) is 0 Å². The molecule has 0 bridgehead atoms. The molecule has 2 aromatic rings. The lowest BCUT2D eigenvalue weighted by Crippen LogP contribution is -2.04. The van der Waals surface area contributed by atoms with Crippen LogP contribution in [0.25, 0.3) is 11.0 Å². The number of imidazole rings is 1. The molecule has 1 aromatic carbocycles. The van der Waals surface area contributed by atoms with Crippen molar-refractivity contribution < 1.29 is 9.90 Å². The summed E-state index contributed by atoms with van der Waals surface area (Å²) in [5, 5.41) is 8.76. The SMILES string of the molecule is C=CCn1c(CCCC(=O)O)nc2cc(C(C)C)ccc21. The van der Waals surface area contributed by atoms with E-state index in [1.54, 1.807) is 0 Å². The van der Waals surface area contributed by atoms with E-state index in [9.17, 15) is 4.79 Å². The number of carboxylic acid groups (broad SMARTS) is 1. The van der Waals surface area contributed by atoms with Crippen molar-refractivity contribution in [2.45, 2.75) is 45.6 Å². The Hall–Kier alpha value is -2.10. The largest absolute Gasteiger partial charge is 0.481 e. The number of fused-ring (bicyclic) bond motifs is 1. The van der Waals surface area contributed by atoms with E-state index in [2.05, 4.69) is 43.2 Å². The van der Waals surface area contributed by atoms with Gasteiger partial charge in [0.05, 0.1) is 11.0 Å². The molecule has 0 fully saturated rings. The fourth-order valence-electron chi connectivity index (χ4n) is 2.48. The topological polar surface area (TPSA) is 55.1 Å². The predicted octanol–water partition coefficient (Wildman–Crippen LogP) is 3.75. The summed E-state index contributed by atoms with van der Waals surface area (Å²) in [4.78, 5) is 15.3. The fourth-order valence-corrected chi connectivity index (χ4v) is 2.48. The first-order chi connectivity index (χ1) is 10.0. The van der Waals surface area contributed by atoms with Crippen molar-refractivity contribution in [3.63, 3.8) is 0 Å². The number of aliphatic carboxylic acids is 1. The molecule has 0 aliphatic carbocycles. The minimum absolute atomic E-state index is 0.175. The van der Waals surface area contributed by atoms with Gasteiger partial charge >= 0.3 is 5.97 Å². The fraction of sp³-hybridized carbons (Fsp3) is 0.412. The van der Waals surface area contributed by atoms with Crippen LogP contribution < -0.4 is 0 Å². The molecule has 4 nitrogen and oxygen atoms in total. The summed E-state index contributed by atoms with van der Waals surface area (Å²) in [5.41, 5.74) is 3.33. The molecule has 1 aromatic heterocycles. The van der Waals surface area contributed by atoms with Crippen LogP contribution in [0.5, 0.6) is 0 Å². The van der Waals surface area contributed by atoms with Crippen LogP contribution >= 0.6 is 0 Å². The minimum atomic E-state index is -0.761. The minimum Gasteiger partial charge on any atom is -0.481 e. The molecule has 21 heavy (non-hydrogen) atoms. The first-order valence-corrected chi connectivity index (χ1v) is 7.34. The molecule has 0 atom stereocenters. The Morgan fingerprint density at radius 2 is 2.24 bits per heavy atom. The molecule has 0 aliphatic rings. The summed E-state index contributed by atoms with van der Waals surface area (Å²) in [6.45, 7) is 8.81. The second-order valence-corrected chi connectivity index (χ2v) is 5.58. The zero-order chi connectivity index (χ0) is 15.4. The third-order valence-electron chi connectivity index (χ3n) is 3.62. The summed E-state index contributed by atoms with van der Waals surface area (Å²) in [6.07, 6.45) is 3.30. The molecule has 0 saturated heterocycles. The van der Waals surface area contributed by atoms with Crippen molar-refractivity contribution in [1.29, 1.82) is 0 Å². The molecule has 112 valence electrons. The van der Waals surface area contributed by atoms with E-state index in [0.717, 1.165) is 16.9 Å². The highest BCUT2D eigenvalue weighted by atomic mass is 16.4. The zero-order valence-corrected chi connectivity index (χ0v) is 12.7. The van der Waals surface area contributed by atoms with Crippen LogP contribution in [0.2, 0.25) is 0 Å². The summed E-state index contributed by atoms with van der Waals surface area (Å²) in [5.74, 6) is 0.643. The number of carbonyl (C=O) groups is 1. The smallest absolute Gasteiger partial charge is 0.303 e. The van der Waals surface area contributed by atoms with Gasteiger partial charge in [0.25, 0.3) is 0 Å². The van der Waals surface area contributed by atoms with Crippen LogP contribution in [0.4, 0.5) is 0 Å². The van der Waals surface area contributed by atoms with Crippen LogP contribution in [0.1, 0.15) is 44.0 Å². The Labute approximate surface area is 125 Å². The van der Waals surface area contributed by atoms with Crippen molar-refractivity contribution in [3.8, 4) is 0 Å². The molecular formula is C17H22N2O2. The summed E-state index contributed by atoms with van der Waals surface area (Å²) >= 11 is 0. The maximum absolute atomic E-state index is 10.6. The highest BCUT2D eigenvalue weighted by Gasteiger charge is 2.11. The second kappa shape index (κ2) is 6.57. The van der Waals surface area contributed by atoms with Gasteiger partial charge < -0.3 is 9.67 Å². The van der Waals surface area contributed by atoms with E-state index in [1.807, 2.05) is 6.08 Å². The van der Waals surface area contributed by atoms with E-state index in [-0.39, 0.29) is 6.42 Å². The quantitative estimate of drug-likeness (QED) is 0.789. The zero-order valence-electron chi connectivity index (χ0n) is 12.7. The Kier molecular flexibility index (Phi) is 4.78. The van der Waals surface area contributed by atoms with Crippen LogP contribution in [-0.4, -0.2) is 20.6 Å². The molecular weight excluding hydrogens is 264 g/mol. The van der Waals surface area contributed by atoms with Gasteiger partial charge in [-0.25, -0.2) is 4.98 Å². The first kappa shape index (κ1) is 15.3. The molecule has 0 spiro atoms. The summed E-state index contributed by atoms with van der Waals surface area (Å²) in [7, 11) is 0. The number of nitrogens with zero attached hydrogens (tertiary/aromatic N) is 2. The van der Waals surface area contributed by atoms with Gasteiger partial charge in [-0.15, -0.1) is 6.58 Å². The highest BCUT2D eigenvalue weighted by molar-refractivity contribution is 5.77. The maximum atomic E-state index is 10.6. The van der Waals surface area contributed by atoms with Crippen LogP contribution in [0.3, 0.4) is 0 Å². The average molecular weight is 286 g/mol. The molecule has 0 saturated carbocycles. The van der Waals surface area contributed by atoms with E-state index in [1.165, 1.54) is 5.56 Å². The Balaban J connectivity index is 2.36. The van der Waals surface area contributed by atoms with Gasteiger partial charge in [0.2, 0.25) is 0 Å². The number of allylic oxidation sites excluding steroid dienone is 1. The molecule has 0 amide bonds. The third kappa shape index (κ3) is 3.51. The van der Waals surface area contributed by atoms with Crippen molar-refractivity contribution in [1.82, 2.24) is 9.55 Å². The molecule has 1 N–H and O–H groups in total. The molecule has 2 rings (SSSR count). The van der Waals surface area contributed by atoms with E-state index < -0.39 is 5.97 Å². The van der Waals surface area contributed by atoms with Crippen LogP contribution in [0, 0.1) is 0 Å². The normalized spacial score (nSPS) is 11.2. The van der Waals surface area contributed by atoms with Gasteiger partial charge in [0.15, 0.2) is 0 Å². The number of rotatable bonds is 7. The molecule has 4 heteroatoms. The van der Waals surface area contributed by atoms with Crippen molar-refractivity contribution in [3.05, 3.63) is 42.2 Å². The van der Waals surface area contributed by atoms with Crippen LogP contribution in [-0.2, 0) is 17.8 Å². The van der Waals surface area contributed by atoms with Crippen molar-refractivity contribution in [2.24, 2.45) is 0 Å². The van der Waals surface area contributed by atoms with E-state index in [0.29, 0.717) is 25.3 Å². The summed E-state index contributed by atoms with van der Waals surface area (Å²) in [6, 6.07) is 6.36. The Bertz CT molecular complexity index is 656. The first-order valence-electron chi connectivity index (χ1n) is 7.34. The molecule has 1 heterocycles. The monoisotopic (exact) mass is 286 g/mol. The second-order valence-electron chi connectivity index (χ2n) is 5.58. The van der Waals surface area contributed by atoms with Crippen molar-refractivity contribution >= 4 is 17.0 Å². The lowest BCUT2D eigenvalue weighted by Gasteiger charge is -2.07. The standard InChI is InChI=1S/C17H22N2O2/c1-4-10-19-15-9-8-13(12(2)3)11-14(15)18-16(19)6-5-7-17(20)21/h4,8-9,11-12H,1,5-7,10H2,2-3H3,(H,20,21). The van der Waals surface area contributed by atoms with E-state index >= 15 is 0 Å². The molecule has 0 aliphatic heterocycles. The third-order valence-corrected chi connectivity index (χ3v) is 3.62. The van der Waals surface area contributed by atoms with Gasteiger partial charge in [-0.1, -0.05) is 26.0 Å². The Morgan fingerprint density at radius 1 is 1.48 bits per heavy atom. The predicted molar refractivity (Wildman–Crippen MR) is 84.6 cm³/mol. The molecule has 0 unspecified atom stereocenters. The maximum Gasteiger partial charge on any atom is 0.303 e. The average Bonchev–Trinajstić information content (AvgIpc) is 2.76. The number of benzene rings is 1. The van der Waals surface area contributed by atoms with Gasteiger partial charge in [0, 0.05) is 19.4 Å². The number of aryl methyl sites for hydroxylation is 1. The number of hydrogen-bond donors (Lipinski definition) is 1. The van der Waals surface area contributed by atoms with Gasteiger partial charge in [-0.3, -0.25) is 4.79 Å². The number of hydrogen-bond acceptors (Lipinski definition) is 2. The van der Waals surface area contributed by atoms with Crippen LogP contribution in [0.15, 0.2) is 30.9 Å². The number of aromatic nitrogens is 2. The summed E-state index contributed by atoms with van der Waals surface area (Å²) < 4.78 is 2.12.